The van der Waals surface area contributed by atoms with Crippen LogP contribution in [0.3, 0.4) is 0 Å². The van der Waals surface area contributed by atoms with Gasteiger partial charge in [-0.3, -0.25) is 0 Å². The van der Waals surface area contributed by atoms with Crippen LogP contribution in [-0.2, 0) is 32.4 Å². The first kappa shape index (κ1) is 37.3. The molecule has 7 heteroatoms. The van der Waals surface area contributed by atoms with Gasteiger partial charge in [-0.15, -0.1) is 0 Å². The third kappa shape index (κ3) is 19.1. The van der Waals surface area contributed by atoms with E-state index < -0.39 is 11.7 Å². The summed E-state index contributed by atoms with van der Waals surface area (Å²) in [5.74, 6) is -0.0372. The summed E-state index contributed by atoms with van der Waals surface area (Å²) in [6.45, 7) is 5.34. The molecule has 34 heavy (non-hydrogen) atoms. The van der Waals surface area contributed by atoms with Gasteiger partial charge in [-0.2, -0.15) is 13.2 Å². The van der Waals surface area contributed by atoms with Crippen molar-refractivity contribution in [3.05, 3.63) is 74.5 Å². The van der Waals surface area contributed by atoms with Crippen LogP contribution in [0.5, 0.6) is 11.5 Å². The molecule has 0 amide bonds. The minimum absolute atomic E-state index is 0. The summed E-state index contributed by atoms with van der Waals surface area (Å²) in [5.41, 5.74) is 0.252. The van der Waals surface area contributed by atoms with E-state index in [1.54, 1.807) is 12.1 Å². The van der Waals surface area contributed by atoms with E-state index in [1.807, 2.05) is 19.1 Å². The summed E-state index contributed by atoms with van der Waals surface area (Å²) in [6, 6.07) is 11.1. The van der Waals surface area contributed by atoms with E-state index in [-0.39, 0.29) is 46.8 Å². The number of hydrogen-bond donors (Lipinski definition) is 2. The summed E-state index contributed by atoms with van der Waals surface area (Å²) < 4.78 is 35.6. The van der Waals surface area contributed by atoms with Crippen molar-refractivity contribution in [3.63, 3.8) is 0 Å². The fourth-order valence-electron chi connectivity index (χ4n) is 3.50. The van der Waals surface area contributed by atoms with Gasteiger partial charge in [0.05, 0.1) is 5.56 Å². The maximum absolute atomic E-state index is 11.9. The molecule has 4 rings (SSSR count). The number of aromatic hydroxyl groups is 2. The number of hydrogen-bond acceptors (Lipinski definition) is 2. The second-order valence-corrected chi connectivity index (χ2v) is 8.40. The predicted molar refractivity (Wildman–Crippen MR) is 137 cm³/mol. The molecule has 1 aliphatic carbocycles. The molecule has 1 saturated carbocycles. The molecule has 1 saturated heterocycles. The quantitative estimate of drug-likeness (QED) is 0.250. The summed E-state index contributed by atoms with van der Waals surface area (Å²) in [6.07, 6.45) is 10.6. The van der Waals surface area contributed by atoms with Crippen molar-refractivity contribution in [1.29, 1.82) is 0 Å². The van der Waals surface area contributed by atoms with Gasteiger partial charge in [0.2, 0.25) is 0 Å². The molecule has 2 N–H and O–H groups in total. The number of alkyl halides is 3. The van der Waals surface area contributed by atoms with Gasteiger partial charge < -0.3 is 25.1 Å². The Morgan fingerprint density at radius 1 is 0.706 bits per heavy atom. The molecule has 1 aliphatic heterocycles. The minimum Gasteiger partial charge on any atom is -0.508 e. The zero-order valence-electron chi connectivity index (χ0n) is 21.3. The molecule has 2 aromatic rings. The van der Waals surface area contributed by atoms with Crippen molar-refractivity contribution >= 4 is 6.71 Å². The van der Waals surface area contributed by atoms with Gasteiger partial charge in [-0.25, -0.2) is 0 Å². The zero-order chi connectivity index (χ0) is 23.1. The number of aryl methyl sites for hydroxylation is 1. The smallest absolute Gasteiger partial charge is 0.508 e. The van der Waals surface area contributed by atoms with Gasteiger partial charge in [0.1, 0.15) is 18.2 Å². The number of rotatable bonds is 0. The standard InChI is InChI=1S/C7H5F3O.C7H8O.C6H13B.C5H10.2CH3.Zr/c8-7(9,10)5-2-1-3-6(11)4-5;1-6-3-2-4-7(8)5-6;1-7-5-3-2-4-6-7;1-2-4-5-3-1;;;/h1-4,11H;2-5,8H,1H3;2-6H2,1H3;1-5H2;2*1H3;/q;;;;2*-1;+2. The van der Waals surface area contributed by atoms with Crippen LogP contribution in [0.2, 0.25) is 19.5 Å². The normalized spacial score (nSPS) is 14.1. The number of phenols is 2. The first-order valence-electron chi connectivity index (χ1n) is 11.3. The van der Waals surface area contributed by atoms with E-state index in [0.29, 0.717) is 11.8 Å². The van der Waals surface area contributed by atoms with Gasteiger partial charge in [-0.05, 0) is 42.8 Å². The van der Waals surface area contributed by atoms with Gasteiger partial charge in [0.15, 0.2) is 0 Å². The predicted octanol–water partition coefficient (Wildman–Crippen LogP) is 9.26. The Hall–Kier alpha value is -1.22. The van der Waals surface area contributed by atoms with Crippen molar-refractivity contribution in [2.24, 2.45) is 0 Å². The van der Waals surface area contributed by atoms with Crippen molar-refractivity contribution in [2.75, 3.05) is 0 Å². The maximum Gasteiger partial charge on any atom is 2.00 e. The largest absolute Gasteiger partial charge is 2.00 e. The van der Waals surface area contributed by atoms with Crippen molar-refractivity contribution in [3.8, 4) is 11.5 Å². The summed E-state index contributed by atoms with van der Waals surface area (Å²) in [5, 5.41) is 17.5. The second-order valence-electron chi connectivity index (χ2n) is 8.40. The van der Waals surface area contributed by atoms with Crippen LogP contribution >= 0.6 is 0 Å². The Kier molecular flexibility index (Phi) is 23.2. The van der Waals surface area contributed by atoms with Crippen LogP contribution < -0.4 is 0 Å². The molecular formula is C27H42BF3O2Zr. The SMILES string of the molecule is C1CCCC1.CB1CCCCC1.Cc1cccc(O)c1.Oc1cccc(C(F)(F)F)c1.[CH3-].[CH3-].[Zr+2]. The Balaban J connectivity index is -0.000000377. The average Bonchev–Trinajstić information content (AvgIpc) is 3.29. The van der Waals surface area contributed by atoms with Crippen LogP contribution in [0.25, 0.3) is 0 Å². The first-order valence-corrected chi connectivity index (χ1v) is 11.3. The molecule has 2 nitrogen and oxygen atoms in total. The van der Waals surface area contributed by atoms with E-state index in [2.05, 4.69) is 6.82 Å². The van der Waals surface area contributed by atoms with E-state index in [4.69, 9.17) is 10.2 Å². The molecule has 2 fully saturated rings. The molecule has 0 atom stereocenters. The number of phenolic OH excluding ortho intramolecular Hbond substituents is 2. The van der Waals surface area contributed by atoms with Gasteiger partial charge in [0, 0.05) is 0 Å². The molecule has 0 spiro atoms. The Morgan fingerprint density at radius 2 is 1.12 bits per heavy atom. The van der Waals surface area contributed by atoms with E-state index in [1.165, 1.54) is 70.1 Å². The molecule has 2 aliphatic rings. The van der Waals surface area contributed by atoms with Crippen molar-refractivity contribution < 1.29 is 49.6 Å². The molecule has 0 radical (unpaired) electrons. The van der Waals surface area contributed by atoms with Gasteiger partial charge in [-0.1, -0.05) is 89.0 Å². The van der Waals surface area contributed by atoms with Crippen LogP contribution in [0.4, 0.5) is 13.2 Å². The third-order valence-electron chi connectivity index (χ3n) is 5.32. The van der Waals surface area contributed by atoms with E-state index in [9.17, 15) is 13.2 Å². The van der Waals surface area contributed by atoms with Gasteiger partial charge >= 0.3 is 32.4 Å². The van der Waals surface area contributed by atoms with Crippen LogP contribution in [0, 0.1) is 21.8 Å². The van der Waals surface area contributed by atoms with Crippen molar-refractivity contribution in [1.82, 2.24) is 0 Å². The second kappa shape index (κ2) is 21.1. The maximum atomic E-state index is 11.9. The average molecular weight is 558 g/mol. The number of benzene rings is 2. The molecule has 0 unspecified atom stereocenters. The van der Waals surface area contributed by atoms with Crippen molar-refractivity contribution in [2.45, 2.75) is 83.9 Å². The molecule has 0 bridgehead atoms. The summed E-state index contributed by atoms with van der Waals surface area (Å²) in [4.78, 5) is 0. The van der Waals surface area contributed by atoms with E-state index in [0.717, 1.165) is 24.4 Å². The summed E-state index contributed by atoms with van der Waals surface area (Å²) in [7, 11) is 0. The topological polar surface area (TPSA) is 40.5 Å². The van der Waals surface area contributed by atoms with E-state index >= 15 is 0 Å². The fourth-order valence-corrected chi connectivity index (χ4v) is 3.50. The zero-order valence-corrected chi connectivity index (χ0v) is 23.8. The Labute approximate surface area is 225 Å². The molecule has 1 heterocycles. The fraction of sp³-hybridized carbons (Fsp3) is 0.481. The molecule has 190 valence electrons. The van der Waals surface area contributed by atoms with Crippen LogP contribution in [-0.4, -0.2) is 16.9 Å². The molecule has 0 aromatic heterocycles. The first-order chi connectivity index (χ1) is 14.7. The number of halogens is 3. The molecule has 2 aromatic carbocycles. The molecular weight excluding hydrogens is 515 g/mol. The Morgan fingerprint density at radius 3 is 1.38 bits per heavy atom. The summed E-state index contributed by atoms with van der Waals surface area (Å²) >= 11 is 0. The Bertz CT molecular complexity index is 707. The van der Waals surface area contributed by atoms with Crippen LogP contribution in [0.1, 0.15) is 62.5 Å². The minimum atomic E-state index is -4.38. The third-order valence-corrected chi connectivity index (χ3v) is 5.32. The van der Waals surface area contributed by atoms with Crippen LogP contribution in [0.15, 0.2) is 48.5 Å². The monoisotopic (exact) mass is 556 g/mol. The van der Waals surface area contributed by atoms with Gasteiger partial charge in [0.25, 0.3) is 0 Å².